The Labute approximate surface area is 94.8 Å². The van der Waals surface area contributed by atoms with Gasteiger partial charge in [-0.1, -0.05) is 6.07 Å². The third-order valence-electron chi connectivity index (χ3n) is 1.67. The molecule has 0 saturated carbocycles. The van der Waals surface area contributed by atoms with Crippen molar-refractivity contribution in [1.82, 2.24) is 4.98 Å². The van der Waals surface area contributed by atoms with E-state index in [1.807, 2.05) is 12.1 Å². The molecule has 0 fully saturated rings. The molecule has 0 aromatic carbocycles. The lowest BCUT2D eigenvalue weighted by Gasteiger charge is -2.12. The first kappa shape index (κ1) is 13.7. The van der Waals surface area contributed by atoms with Crippen molar-refractivity contribution in [3.8, 4) is 0 Å². The monoisotopic (exact) mass is 237 g/mol. The van der Waals surface area contributed by atoms with Crippen molar-refractivity contribution in [2.75, 3.05) is 14.2 Å². The van der Waals surface area contributed by atoms with Crippen LogP contribution in [-0.2, 0) is 15.4 Å². The van der Waals surface area contributed by atoms with E-state index in [1.165, 1.54) is 0 Å². The Bertz CT molecular complexity index is 249. The highest BCUT2D eigenvalue weighted by Gasteiger charge is 2.09. The van der Waals surface area contributed by atoms with Crippen LogP contribution in [0.4, 0.5) is 0 Å². The van der Waals surface area contributed by atoms with Gasteiger partial charge >= 0.3 is 0 Å². The highest BCUT2D eigenvalue weighted by molar-refractivity contribution is 6.17. The third-order valence-corrected chi connectivity index (χ3v) is 1.98. The van der Waals surface area contributed by atoms with E-state index in [4.69, 9.17) is 21.1 Å². The zero-order valence-electron chi connectivity index (χ0n) is 8.07. The lowest BCUT2D eigenvalue weighted by atomic mass is 10.3. The zero-order valence-corrected chi connectivity index (χ0v) is 9.64. The number of hydrogen-bond donors (Lipinski definition) is 0. The van der Waals surface area contributed by atoms with Crippen molar-refractivity contribution in [3.63, 3.8) is 0 Å². The number of aromatic nitrogens is 1. The van der Waals surface area contributed by atoms with E-state index < -0.39 is 6.29 Å². The number of ether oxygens (including phenoxy) is 2. The summed E-state index contributed by atoms with van der Waals surface area (Å²) in [6.07, 6.45) is 1.32. The molecule has 80 valence electrons. The van der Waals surface area contributed by atoms with Crippen LogP contribution in [0.15, 0.2) is 18.3 Å². The van der Waals surface area contributed by atoms with Crippen LogP contribution >= 0.6 is 24.0 Å². The molecule has 1 aromatic heterocycles. The smallest absolute Gasteiger partial charge is 0.200 e. The van der Waals surface area contributed by atoms with E-state index in [2.05, 4.69) is 4.98 Å². The summed E-state index contributed by atoms with van der Waals surface area (Å²) < 4.78 is 10.1. The van der Waals surface area contributed by atoms with E-state index in [0.29, 0.717) is 5.88 Å². The molecule has 1 aromatic rings. The van der Waals surface area contributed by atoms with Crippen molar-refractivity contribution >= 4 is 24.0 Å². The lowest BCUT2D eigenvalue weighted by molar-refractivity contribution is -0.108. The average Bonchev–Trinajstić information content (AvgIpc) is 2.21. The fraction of sp³-hybridized carbons (Fsp3) is 0.444. The molecule has 1 heterocycles. The van der Waals surface area contributed by atoms with Crippen molar-refractivity contribution < 1.29 is 9.47 Å². The Balaban J connectivity index is 0.00000169. The van der Waals surface area contributed by atoms with E-state index in [-0.39, 0.29) is 12.4 Å². The summed E-state index contributed by atoms with van der Waals surface area (Å²) in [6.45, 7) is 0. The van der Waals surface area contributed by atoms with Crippen molar-refractivity contribution in [3.05, 3.63) is 29.6 Å². The van der Waals surface area contributed by atoms with E-state index in [0.717, 1.165) is 11.3 Å². The summed E-state index contributed by atoms with van der Waals surface area (Å²) in [7, 11) is 3.15. The minimum absolute atomic E-state index is 0. The molecule has 0 N–H and O–H groups in total. The fourth-order valence-electron chi connectivity index (χ4n) is 0.992. The van der Waals surface area contributed by atoms with Gasteiger partial charge in [0.2, 0.25) is 6.29 Å². The molecule has 0 radical (unpaired) electrons. The van der Waals surface area contributed by atoms with E-state index >= 15 is 0 Å². The Hall–Kier alpha value is -0.350. The Morgan fingerprint density at radius 3 is 2.36 bits per heavy atom. The molecule has 0 aliphatic carbocycles. The van der Waals surface area contributed by atoms with Crippen LogP contribution in [0.3, 0.4) is 0 Å². The van der Waals surface area contributed by atoms with Gasteiger partial charge < -0.3 is 9.47 Å². The Kier molecular flexibility index (Phi) is 6.83. The first-order chi connectivity index (χ1) is 6.31. The minimum atomic E-state index is -0.399. The van der Waals surface area contributed by atoms with Crippen LogP contribution in [0.5, 0.6) is 0 Å². The van der Waals surface area contributed by atoms with Gasteiger partial charge in [-0.2, -0.15) is 0 Å². The topological polar surface area (TPSA) is 31.4 Å². The predicted octanol–water partition coefficient (Wildman–Crippen LogP) is 2.53. The zero-order chi connectivity index (χ0) is 9.68. The maximum atomic E-state index is 5.62. The predicted molar refractivity (Wildman–Crippen MR) is 57.8 cm³/mol. The number of alkyl halides is 1. The van der Waals surface area contributed by atoms with Crippen molar-refractivity contribution in [2.45, 2.75) is 12.2 Å². The number of nitrogens with zero attached hydrogens (tertiary/aromatic N) is 1. The van der Waals surface area contributed by atoms with Gasteiger partial charge in [0, 0.05) is 26.3 Å². The van der Waals surface area contributed by atoms with Crippen LogP contribution < -0.4 is 0 Å². The van der Waals surface area contributed by atoms with E-state index in [1.54, 1.807) is 20.4 Å². The lowest BCUT2D eigenvalue weighted by Crippen LogP contribution is -2.05. The van der Waals surface area contributed by atoms with Gasteiger partial charge in [-0.05, 0) is 11.6 Å². The molecule has 5 heteroatoms. The van der Waals surface area contributed by atoms with Crippen LogP contribution in [0, 0.1) is 0 Å². The first-order valence-corrected chi connectivity index (χ1v) is 4.41. The van der Waals surface area contributed by atoms with Gasteiger partial charge in [0.15, 0.2) is 0 Å². The quantitative estimate of drug-likeness (QED) is 0.596. The molecule has 0 saturated heterocycles. The van der Waals surface area contributed by atoms with Gasteiger partial charge in [0.1, 0.15) is 0 Å². The second kappa shape index (κ2) is 7.01. The van der Waals surface area contributed by atoms with Crippen molar-refractivity contribution in [1.29, 1.82) is 0 Å². The summed E-state index contributed by atoms with van der Waals surface area (Å²) in [5, 5.41) is 0. The van der Waals surface area contributed by atoms with Crippen molar-refractivity contribution in [2.24, 2.45) is 0 Å². The van der Waals surface area contributed by atoms with Gasteiger partial charge in [-0.15, -0.1) is 24.0 Å². The second-order valence-corrected chi connectivity index (χ2v) is 2.80. The molecule has 3 nitrogen and oxygen atoms in total. The normalized spacial score (nSPS) is 10.0. The molecule has 0 unspecified atom stereocenters. The summed E-state index contributed by atoms with van der Waals surface area (Å²) in [5.74, 6) is 0.470. The van der Waals surface area contributed by atoms with E-state index in [9.17, 15) is 0 Å². The maximum absolute atomic E-state index is 5.62. The van der Waals surface area contributed by atoms with Gasteiger partial charge in [0.25, 0.3) is 0 Å². The summed E-state index contributed by atoms with van der Waals surface area (Å²) in [5.41, 5.74) is 1.73. The number of methoxy groups -OCH3 is 2. The molecule has 0 amide bonds. The second-order valence-electron chi connectivity index (χ2n) is 2.53. The highest BCUT2D eigenvalue weighted by Crippen LogP contribution is 2.15. The van der Waals surface area contributed by atoms with Gasteiger partial charge in [-0.25, -0.2) is 0 Å². The number of rotatable bonds is 4. The number of hydrogen-bond acceptors (Lipinski definition) is 3. The number of pyridine rings is 1. The highest BCUT2D eigenvalue weighted by atomic mass is 35.5. The molecule has 0 bridgehead atoms. The Morgan fingerprint density at radius 1 is 1.36 bits per heavy atom. The Morgan fingerprint density at radius 2 is 2.00 bits per heavy atom. The summed E-state index contributed by atoms with van der Waals surface area (Å²) in [4.78, 5) is 4.16. The molecule has 0 spiro atoms. The molecule has 0 aliphatic heterocycles. The van der Waals surface area contributed by atoms with Gasteiger partial charge in [0.05, 0.1) is 5.69 Å². The largest absolute Gasteiger partial charge is 0.350 e. The maximum Gasteiger partial charge on any atom is 0.200 e. The summed E-state index contributed by atoms with van der Waals surface area (Å²) >= 11 is 5.62. The molecule has 14 heavy (non-hydrogen) atoms. The average molecular weight is 238 g/mol. The molecular weight excluding hydrogens is 225 g/mol. The van der Waals surface area contributed by atoms with Crippen LogP contribution in [-0.4, -0.2) is 19.2 Å². The third kappa shape index (κ3) is 3.42. The van der Waals surface area contributed by atoms with Crippen LogP contribution in [0.2, 0.25) is 0 Å². The van der Waals surface area contributed by atoms with Crippen LogP contribution in [0.25, 0.3) is 0 Å². The first-order valence-electron chi connectivity index (χ1n) is 3.88. The fourth-order valence-corrected chi connectivity index (χ4v) is 1.15. The van der Waals surface area contributed by atoms with Crippen LogP contribution in [0.1, 0.15) is 17.5 Å². The van der Waals surface area contributed by atoms with Gasteiger partial charge in [-0.3, -0.25) is 4.98 Å². The summed E-state index contributed by atoms with van der Waals surface area (Å²) in [6, 6.07) is 3.75. The minimum Gasteiger partial charge on any atom is -0.350 e. The molecular formula is C9H13Cl2NO2. The molecule has 0 atom stereocenters. The SMILES string of the molecule is COC(OC)c1ccc(CCl)cn1.Cl. The standard InChI is InChI=1S/C9H12ClNO2.ClH/c1-12-9(13-2)8-4-3-7(5-10)6-11-8;/h3-4,6,9H,5H2,1-2H3;1H. The molecule has 1 rings (SSSR count). The molecule has 0 aliphatic rings. The number of halogens is 2.